The standard InChI is InChI=1S/C19H23N3O8S2/c23-9-13(24)16(26)17(27)18(28)19-22(15(25)10-31-19)11-4-6-12(7-5-11)32(29,30)21-14-3-1-2-8-20-14/h1-8,13,16-19,23-24,26-28H,9-10H2,(H,20,21)/t13-,16-,17+,18+,19?/m0/s1. The molecule has 1 aromatic heterocycles. The summed E-state index contributed by atoms with van der Waals surface area (Å²) < 4.78 is 27.4. The average Bonchev–Trinajstić information content (AvgIpc) is 3.18. The largest absolute Gasteiger partial charge is 0.394 e. The van der Waals surface area contributed by atoms with Gasteiger partial charge < -0.3 is 25.5 Å². The Morgan fingerprint density at radius 2 is 1.78 bits per heavy atom. The Balaban J connectivity index is 1.79. The number of aliphatic hydroxyl groups excluding tert-OH is 5. The van der Waals surface area contributed by atoms with E-state index in [2.05, 4.69) is 9.71 Å². The van der Waals surface area contributed by atoms with E-state index in [9.17, 15) is 33.6 Å². The van der Waals surface area contributed by atoms with E-state index in [1.807, 2.05) is 0 Å². The SMILES string of the molecule is O=C1CSC([C@H](O)[C@H](O)[C@@H](O)[C@@H](O)CO)N1c1ccc(S(=O)(=O)Nc2ccccn2)cc1. The number of anilines is 2. The molecule has 11 nitrogen and oxygen atoms in total. The maximum absolute atomic E-state index is 12.5. The van der Waals surface area contributed by atoms with Crippen LogP contribution in [-0.2, 0) is 14.8 Å². The molecule has 2 heterocycles. The highest BCUT2D eigenvalue weighted by molar-refractivity contribution is 8.01. The van der Waals surface area contributed by atoms with Crippen molar-refractivity contribution in [1.82, 2.24) is 4.98 Å². The van der Waals surface area contributed by atoms with E-state index in [1.165, 1.54) is 41.4 Å². The lowest BCUT2D eigenvalue weighted by Gasteiger charge is -2.33. The number of aliphatic hydroxyl groups is 5. The molecule has 1 aliphatic rings. The Bertz CT molecular complexity index is 1020. The molecular weight excluding hydrogens is 462 g/mol. The topological polar surface area (TPSA) is 181 Å². The first kappa shape index (κ1) is 24.4. The molecule has 3 rings (SSSR count). The van der Waals surface area contributed by atoms with Gasteiger partial charge in [0.15, 0.2) is 0 Å². The van der Waals surface area contributed by atoms with Crippen LogP contribution in [0.4, 0.5) is 11.5 Å². The van der Waals surface area contributed by atoms with Gasteiger partial charge in [-0.3, -0.25) is 14.4 Å². The Hall–Kier alpha value is -2.26. The van der Waals surface area contributed by atoms with Gasteiger partial charge in [-0.2, -0.15) is 0 Å². The third kappa shape index (κ3) is 5.20. The van der Waals surface area contributed by atoms with Crippen LogP contribution >= 0.6 is 11.8 Å². The minimum Gasteiger partial charge on any atom is -0.394 e. The van der Waals surface area contributed by atoms with Crippen molar-refractivity contribution in [3.05, 3.63) is 48.7 Å². The number of thioether (sulfide) groups is 1. The number of sulfonamides is 1. The Kier molecular flexibility index (Phi) is 7.71. The summed E-state index contributed by atoms with van der Waals surface area (Å²) in [7, 11) is -3.93. The van der Waals surface area contributed by atoms with Crippen LogP contribution in [0.5, 0.6) is 0 Å². The molecule has 1 saturated heterocycles. The predicted octanol–water partition coefficient (Wildman–Crippen LogP) is -1.28. The summed E-state index contributed by atoms with van der Waals surface area (Å²) in [4.78, 5) is 17.4. The molecule has 13 heteroatoms. The molecule has 0 spiro atoms. The number of aromatic nitrogens is 1. The second-order valence-electron chi connectivity index (χ2n) is 7.00. The Labute approximate surface area is 188 Å². The van der Waals surface area contributed by atoms with E-state index in [1.54, 1.807) is 12.1 Å². The highest BCUT2D eigenvalue weighted by Gasteiger charge is 2.43. The van der Waals surface area contributed by atoms with Crippen molar-refractivity contribution in [3.63, 3.8) is 0 Å². The highest BCUT2D eigenvalue weighted by atomic mass is 32.2. The predicted molar refractivity (Wildman–Crippen MR) is 116 cm³/mol. The van der Waals surface area contributed by atoms with Crippen molar-refractivity contribution >= 4 is 39.2 Å². The van der Waals surface area contributed by atoms with Gasteiger partial charge in [0.05, 0.1) is 17.3 Å². The second kappa shape index (κ2) is 10.1. The van der Waals surface area contributed by atoms with E-state index < -0.39 is 52.3 Å². The van der Waals surface area contributed by atoms with Crippen molar-refractivity contribution in [2.24, 2.45) is 0 Å². The lowest BCUT2D eigenvalue weighted by atomic mass is 10.0. The van der Waals surface area contributed by atoms with E-state index in [-0.39, 0.29) is 22.2 Å². The number of nitrogens with one attached hydrogen (secondary N) is 1. The van der Waals surface area contributed by atoms with Crippen LogP contribution in [0.1, 0.15) is 0 Å². The molecule has 0 saturated carbocycles. The quantitative estimate of drug-likeness (QED) is 0.250. The first-order valence-electron chi connectivity index (χ1n) is 9.46. The van der Waals surface area contributed by atoms with Crippen LogP contribution in [0.15, 0.2) is 53.6 Å². The van der Waals surface area contributed by atoms with E-state index >= 15 is 0 Å². The molecule has 1 aromatic carbocycles. The normalized spacial score (nSPS) is 20.6. The fourth-order valence-electron chi connectivity index (χ4n) is 3.10. The summed E-state index contributed by atoms with van der Waals surface area (Å²) in [6, 6.07) is 10.1. The van der Waals surface area contributed by atoms with Gasteiger partial charge in [-0.15, -0.1) is 11.8 Å². The summed E-state index contributed by atoms with van der Waals surface area (Å²) in [5.74, 6) is -0.275. The van der Waals surface area contributed by atoms with Crippen LogP contribution < -0.4 is 9.62 Å². The van der Waals surface area contributed by atoms with Crippen LogP contribution in [0, 0.1) is 0 Å². The van der Waals surface area contributed by atoms with Crippen LogP contribution in [0.25, 0.3) is 0 Å². The molecule has 174 valence electrons. The van der Waals surface area contributed by atoms with Crippen LogP contribution in [0.2, 0.25) is 0 Å². The minimum absolute atomic E-state index is 0.0195. The lowest BCUT2D eigenvalue weighted by Crippen LogP contribution is -2.53. The number of hydrogen-bond donors (Lipinski definition) is 6. The van der Waals surface area contributed by atoms with Gasteiger partial charge in [0, 0.05) is 11.9 Å². The first-order valence-corrected chi connectivity index (χ1v) is 12.0. The minimum atomic E-state index is -3.93. The summed E-state index contributed by atoms with van der Waals surface area (Å²) in [6.45, 7) is -0.826. The fraction of sp³-hybridized carbons (Fsp3) is 0.368. The number of hydrogen-bond acceptors (Lipinski definition) is 10. The molecule has 5 atom stereocenters. The van der Waals surface area contributed by atoms with Gasteiger partial charge in [-0.25, -0.2) is 13.4 Å². The number of carbonyl (C=O) groups is 1. The molecule has 0 aliphatic carbocycles. The van der Waals surface area contributed by atoms with Crippen LogP contribution in [0.3, 0.4) is 0 Å². The zero-order valence-electron chi connectivity index (χ0n) is 16.6. The van der Waals surface area contributed by atoms with Gasteiger partial charge in [0.25, 0.3) is 10.0 Å². The third-order valence-electron chi connectivity index (χ3n) is 4.80. The molecule has 2 aromatic rings. The molecular formula is C19H23N3O8S2. The number of nitrogens with zero attached hydrogens (tertiary/aromatic N) is 2. The maximum Gasteiger partial charge on any atom is 0.263 e. The van der Waals surface area contributed by atoms with Gasteiger partial charge >= 0.3 is 0 Å². The van der Waals surface area contributed by atoms with E-state index in [0.717, 1.165) is 11.8 Å². The van der Waals surface area contributed by atoms with Crippen molar-refractivity contribution in [1.29, 1.82) is 0 Å². The molecule has 6 N–H and O–H groups in total. The van der Waals surface area contributed by atoms with E-state index in [0.29, 0.717) is 0 Å². The van der Waals surface area contributed by atoms with Gasteiger partial charge in [-0.05, 0) is 36.4 Å². The van der Waals surface area contributed by atoms with Crippen molar-refractivity contribution in [3.8, 4) is 0 Å². The molecule has 1 amide bonds. The van der Waals surface area contributed by atoms with Gasteiger partial charge in [0.1, 0.15) is 35.6 Å². The van der Waals surface area contributed by atoms with Crippen molar-refractivity contribution < 1.29 is 38.7 Å². The number of amides is 1. The second-order valence-corrected chi connectivity index (χ2v) is 9.79. The van der Waals surface area contributed by atoms with E-state index in [4.69, 9.17) is 5.11 Å². The zero-order valence-corrected chi connectivity index (χ0v) is 18.2. The van der Waals surface area contributed by atoms with Crippen LogP contribution in [-0.4, -0.2) is 87.0 Å². The first-order chi connectivity index (χ1) is 15.2. The molecule has 1 fully saturated rings. The molecule has 0 bridgehead atoms. The fourth-order valence-corrected chi connectivity index (χ4v) is 5.30. The molecule has 1 aliphatic heterocycles. The Morgan fingerprint density at radius 1 is 1.09 bits per heavy atom. The monoisotopic (exact) mass is 485 g/mol. The molecule has 32 heavy (non-hydrogen) atoms. The Morgan fingerprint density at radius 3 is 2.38 bits per heavy atom. The number of rotatable bonds is 9. The lowest BCUT2D eigenvalue weighted by molar-refractivity contribution is -0.121. The molecule has 0 radical (unpaired) electrons. The molecule has 1 unspecified atom stereocenters. The number of pyridine rings is 1. The maximum atomic E-state index is 12.5. The van der Waals surface area contributed by atoms with Gasteiger partial charge in [-0.1, -0.05) is 6.07 Å². The smallest absolute Gasteiger partial charge is 0.263 e. The van der Waals surface area contributed by atoms with Crippen molar-refractivity contribution in [2.75, 3.05) is 22.0 Å². The number of benzene rings is 1. The summed E-state index contributed by atoms with van der Waals surface area (Å²) >= 11 is 1.01. The van der Waals surface area contributed by atoms with Crippen molar-refractivity contribution in [2.45, 2.75) is 34.7 Å². The summed E-state index contributed by atoms with van der Waals surface area (Å²) in [6.07, 6.45) is -5.57. The summed E-state index contributed by atoms with van der Waals surface area (Å²) in [5, 5.41) is 48.0. The zero-order chi connectivity index (χ0) is 23.5. The average molecular weight is 486 g/mol. The number of carbonyl (C=O) groups excluding carboxylic acids is 1. The highest BCUT2D eigenvalue weighted by Crippen LogP contribution is 2.34. The van der Waals surface area contributed by atoms with Gasteiger partial charge in [0.2, 0.25) is 5.91 Å². The third-order valence-corrected chi connectivity index (χ3v) is 7.42. The summed E-state index contributed by atoms with van der Waals surface area (Å²) in [5.41, 5.74) is 0.269.